The third-order valence-corrected chi connectivity index (χ3v) is 2.28. The maximum Gasteiger partial charge on any atom is 0.382 e. The molecule has 2 aromatic rings. The maximum atomic E-state index is 11.5. The lowest BCUT2D eigenvalue weighted by Gasteiger charge is -2.00. The monoisotopic (exact) mass is 282 g/mol. The second-order valence-corrected chi connectivity index (χ2v) is 3.88. The lowest BCUT2D eigenvalue weighted by atomic mass is 10.3. The topological polar surface area (TPSA) is 78.4 Å². The molecule has 6 heteroatoms. The molecule has 0 saturated carbocycles. The Morgan fingerprint density at radius 2 is 2.06 bits per heavy atom. The van der Waals surface area contributed by atoms with Gasteiger partial charge in [-0.2, -0.15) is 0 Å². The Kier molecular flexibility index (Phi) is 2.91. The van der Waals surface area contributed by atoms with Crippen molar-refractivity contribution in [1.82, 2.24) is 5.16 Å². The molecule has 0 spiro atoms. The fraction of sp³-hybridized carbons (Fsp3) is 0. The van der Waals surface area contributed by atoms with Crippen molar-refractivity contribution >= 4 is 27.7 Å². The summed E-state index contributed by atoms with van der Waals surface area (Å²) in [5.41, 5.74) is 5.31. The van der Waals surface area contributed by atoms with Gasteiger partial charge >= 0.3 is 5.97 Å². The van der Waals surface area contributed by atoms with Crippen LogP contribution >= 0.6 is 15.9 Å². The quantitative estimate of drug-likeness (QED) is 0.675. The second kappa shape index (κ2) is 4.36. The lowest BCUT2D eigenvalue weighted by Crippen LogP contribution is -2.07. The lowest BCUT2D eigenvalue weighted by molar-refractivity contribution is 0.0691. The average Bonchev–Trinajstić information content (AvgIpc) is 2.68. The second-order valence-electron chi connectivity index (χ2n) is 2.96. The molecule has 1 aromatic carbocycles. The molecule has 82 valence electrons. The minimum absolute atomic E-state index is 0.0274. The van der Waals surface area contributed by atoms with E-state index < -0.39 is 5.97 Å². The molecule has 0 fully saturated rings. The van der Waals surface area contributed by atoms with Crippen molar-refractivity contribution in [2.24, 2.45) is 0 Å². The Bertz CT molecular complexity index is 507. The zero-order chi connectivity index (χ0) is 11.5. The largest absolute Gasteiger partial charge is 0.421 e. The van der Waals surface area contributed by atoms with Gasteiger partial charge in [0.1, 0.15) is 5.75 Å². The highest BCUT2D eigenvalue weighted by Crippen LogP contribution is 2.17. The van der Waals surface area contributed by atoms with Crippen LogP contribution in [0.15, 0.2) is 39.3 Å². The molecule has 2 N–H and O–H groups in total. The van der Waals surface area contributed by atoms with E-state index in [1.807, 2.05) is 0 Å². The molecule has 1 aromatic heterocycles. The Hall–Kier alpha value is -1.82. The summed E-state index contributed by atoms with van der Waals surface area (Å²) in [5.74, 6) is -0.0992. The number of nitrogens with two attached hydrogens (primary N) is 1. The van der Waals surface area contributed by atoms with Crippen LogP contribution < -0.4 is 10.5 Å². The molecule has 0 unspecified atom stereocenters. The molecule has 1 heterocycles. The zero-order valence-electron chi connectivity index (χ0n) is 8.01. The summed E-state index contributed by atoms with van der Waals surface area (Å²) < 4.78 is 10.6. The van der Waals surface area contributed by atoms with Crippen LogP contribution in [0.2, 0.25) is 0 Å². The van der Waals surface area contributed by atoms with Gasteiger partial charge in [-0.15, -0.1) is 0 Å². The molecular formula is C10H7BrN2O3. The van der Waals surface area contributed by atoms with Crippen LogP contribution in [0.1, 0.15) is 10.6 Å². The van der Waals surface area contributed by atoms with Crippen LogP contribution in [0, 0.1) is 0 Å². The number of hydrogen-bond acceptors (Lipinski definition) is 5. The minimum Gasteiger partial charge on any atom is -0.421 e. The normalized spacial score (nSPS) is 10.1. The number of benzene rings is 1. The fourth-order valence-corrected chi connectivity index (χ4v) is 1.31. The van der Waals surface area contributed by atoms with Gasteiger partial charge in [0.15, 0.2) is 5.82 Å². The van der Waals surface area contributed by atoms with Gasteiger partial charge in [-0.3, -0.25) is 0 Å². The van der Waals surface area contributed by atoms with Crippen LogP contribution in [0.5, 0.6) is 5.75 Å². The molecule has 5 nitrogen and oxygen atoms in total. The van der Waals surface area contributed by atoms with E-state index in [9.17, 15) is 4.79 Å². The number of ether oxygens (including phenoxy) is 1. The molecule has 16 heavy (non-hydrogen) atoms. The van der Waals surface area contributed by atoms with E-state index in [1.54, 1.807) is 24.3 Å². The number of nitrogens with zero attached hydrogens (tertiary/aromatic N) is 1. The van der Waals surface area contributed by atoms with Crippen molar-refractivity contribution < 1.29 is 14.1 Å². The van der Waals surface area contributed by atoms with Gasteiger partial charge in [-0.05, 0) is 24.3 Å². The average molecular weight is 283 g/mol. The minimum atomic E-state index is -0.633. The molecule has 0 radical (unpaired) electrons. The van der Waals surface area contributed by atoms with E-state index in [0.717, 1.165) is 4.47 Å². The van der Waals surface area contributed by atoms with Crippen LogP contribution in [0.25, 0.3) is 0 Å². The summed E-state index contributed by atoms with van der Waals surface area (Å²) in [5, 5.41) is 3.39. The van der Waals surface area contributed by atoms with Crippen molar-refractivity contribution in [3.8, 4) is 5.75 Å². The number of carbonyl (C=O) groups excluding carboxylic acids is 1. The highest BCUT2D eigenvalue weighted by atomic mass is 79.9. The third-order valence-electron chi connectivity index (χ3n) is 1.75. The number of rotatable bonds is 2. The number of anilines is 1. The van der Waals surface area contributed by atoms with Crippen LogP contribution in [0.4, 0.5) is 5.82 Å². The molecule has 2 rings (SSSR count). The summed E-state index contributed by atoms with van der Waals surface area (Å²) in [6.45, 7) is 0. The van der Waals surface area contributed by atoms with Crippen LogP contribution in [-0.2, 0) is 0 Å². The van der Waals surface area contributed by atoms with E-state index in [1.165, 1.54) is 6.07 Å². The van der Waals surface area contributed by atoms with Crippen molar-refractivity contribution in [3.63, 3.8) is 0 Å². The smallest absolute Gasteiger partial charge is 0.382 e. The van der Waals surface area contributed by atoms with Crippen molar-refractivity contribution in [1.29, 1.82) is 0 Å². The van der Waals surface area contributed by atoms with Crippen LogP contribution in [0.3, 0.4) is 0 Å². The molecule has 0 aliphatic rings. The van der Waals surface area contributed by atoms with Crippen molar-refractivity contribution in [2.75, 3.05) is 5.73 Å². The first kappa shape index (κ1) is 10.7. The predicted molar refractivity (Wildman–Crippen MR) is 60.0 cm³/mol. The molecule has 0 bridgehead atoms. The third kappa shape index (κ3) is 2.40. The number of halogens is 1. The van der Waals surface area contributed by atoms with Gasteiger partial charge in [0.05, 0.1) is 0 Å². The standard InChI is InChI=1S/C10H7BrN2O3/c11-6-1-3-7(4-2-6)15-10(14)8-5-9(12)13-16-8/h1-5H,(H2,12,13). The van der Waals surface area contributed by atoms with Gasteiger partial charge in [-0.25, -0.2) is 4.79 Å². The van der Waals surface area contributed by atoms with Crippen LogP contribution in [-0.4, -0.2) is 11.1 Å². The number of carbonyl (C=O) groups is 1. The SMILES string of the molecule is Nc1cc(C(=O)Oc2ccc(Br)cc2)on1. The highest BCUT2D eigenvalue weighted by Gasteiger charge is 2.14. The Labute approximate surface area is 99.3 Å². The van der Waals surface area contributed by atoms with Gasteiger partial charge in [0.2, 0.25) is 5.76 Å². The zero-order valence-corrected chi connectivity index (χ0v) is 9.60. The predicted octanol–water partition coefficient (Wildman–Crippen LogP) is 2.24. The number of esters is 1. The number of aromatic nitrogens is 1. The van der Waals surface area contributed by atoms with Gasteiger partial charge in [0.25, 0.3) is 0 Å². The summed E-state index contributed by atoms with van der Waals surface area (Å²) in [6, 6.07) is 8.14. The van der Waals surface area contributed by atoms with Gasteiger partial charge in [0, 0.05) is 10.5 Å². The van der Waals surface area contributed by atoms with Gasteiger partial charge in [-0.1, -0.05) is 21.1 Å². The molecule has 0 atom stereocenters. The van der Waals surface area contributed by atoms with E-state index in [-0.39, 0.29) is 11.6 Å². The molecule has 0 amide bonds. The highest BCUT2D eigenvalue weighted by molar-refractivity contribution is 9.10. The maximum absolute atomic E-state index is 11.5. The first-order valence-electron chi connectivity index (χ1n) is 4.35. The number of nitrogen functional groups attached to an aromatic ring is 1. The molecule has 0 aliphatic carbocycles. The van der Waals surface area contributed by atoms with Crippen molar-refractivity contribution in [3.05, 3.63) is 40.6 Å². The summed E-state index contributed by atoms with van der Waals surface area (Å²) in [7, 11) is 0. The molecule has 0 saturated heterocycles. The molecule has 0 aliphatic heterocycles. The summed E-state index contributed by atoms with van der Waals surface area (Å²) >= 11 is 3.27. The Morgan fingerprint density at radius 3 is 2.62 bits per heavy atom. The molecular weight excluding hydrogens is 276 g/mol. The Morgan fingerprint density at radius 1 is 1.38 bits per heavy atom. The first-order chi connectivity index (χ1) is 7.65. The fourth-order valence-electron chi connectivity index (χ4n) is 1.05. The Balaban J connectivity index is 2.10. The summed E-state index contributed by atoms with van der Waals surface area (Å²) in [6.07, 6.45) is 0. The van der Waals surface area contributed by atoms with E-state index in [2.05, 4.69) is 25.6 Å². The summed E-state index contributed by atoms with van der Waals surface area (Å²) in [4.78, 5) is 11.5. The van der Waals surface area contributed by atoms with E-state index >= 15 is 0 Å². The number of hydrogen-bond donors (Lipinski definition) is 1. The van der Waals surface area contributed by atoms with E-state index in [4.69, 9.17) is 10.5 Å². The first-order valence-corrected chi connectivity index (χ1v) is 5.14. The van der Waals surface area contributed by atoms with Crippen molar-refractivity contribution in [2.45, 2.75) is 0 Å². The van der Waals surface area contributed by atoms with E-state index in [0.29, 0.717) is 5.75 Å². The van der Waals surface area contributed by atoms with Gasteiger partial charge < -0.3 is 15.0 Å².